The average Bonchev–Trinajstić information content (AvgIpc) is 2.86. The maximum Gasteiger partial charge on any atom is 0.356 e. The zero-order valence-electron chi connectivity index (χ0n) is 11.9. The van der Waals surface area contributed by atoms with E-state index in [-0.39, 0.29) is 12.1 Å². The predicted octanol–water partition coefficient (Wildman–Crippen LogP) is 1.82. The van der Waals surface area contributed by atoms with Gasteiger partial charge in [-0.25, -0.2) is 9.78 Å². The van der Waals surface area contributed by atoms with E-state index in [0.29, 0.717) is 30.9 Å². The number of aromatic carboxylic acids is 1. The van der Waals surface area contributed by atoms with Crippen LogP contribution in [0.2, 0.25) is 0 Å². The van der Waals surface area contributed by atoms with Gasteiger partial charge in [0.15, 0.2) is 5.69 Å². The van der Waals surface area contributed by atoms with Crippen molar-refractivity contribution in [3.05, 3.63) is 53.1 Å². The summed E-state index contributed by atoms with van der Waals surface area (Å²) in [6.07, 6.45) is 1.26. The molecule has 6 heteroatoms. The molecule has 1 atom stereocenters. The summed E-state index contributed by atoms with van der Waals surface area (Å²) in [4.78, 5) is 26.8. The van der Waals surface area contributed by atoms with Crippen molar-refractivity contribution in [1.82, 2.24) is 9.55 Å². The topological polar surface area (TPSA) is 92.4 Å². The van der Waals surface area contributed by atoms with Crippen LogP contribution in [0.1, 0.15) is 34.0 Å². The minimum Gasteiger partial charge on any atom is -0.481 e. The molecule has 114 valence electrons. The van der Waals surface area contributed by atoms with Crippen LogP contribution in [-0.4, -0.2) is 31.7 Å². The fourth-order valence-corrected chi connectivity index (χ4v) is 2.92. The Balaban J connectivity index is 1.98. The van der Waals surface area contributed by atoms with Gasteiger partial charge in [-0.3, -0.25) is 4.79 Å². The first-order valence-electron chi connectivity index (χ1n) is 7.14. The fourth-order valence-electron chi connectivity index (χ4n) is 2.92. The Morgan fingerprint density at radius 1 is 1.23 bits per heavy atom. The molecule has 3 rings (SSSR count). The van der Waals surface area contributed by atoms with Crippen molar-refractivity contribution in [2.75, 3.05) is 0 Å². The van der Waals surface area contributed by atoms with Gasteiger partial charge in [-0.05, 0) is 12.0 Å². The summed E-state index contributed by atoms with van der Waals surface area (Å²) in [6, 6.07) is 9.70. The van der Waals surface area contributed by atoms with Crippen molar-refractivity contribution in [2.24, 2.45) is 5.92 Å². The van der Waals surface area contributed by atoms with Crippen molar-refractivity contribution < 1.29 is 19.8 Å². The Bertz CT molecular complexity index is 721. The van der Waals surface area contributed by atoms with Crippen LogP contribution in [0.25, 0.3) is 0 Å². The molecule has 1 unspecified atom stereocenters. The maximum atomic E-state index is 11.4. The zero-order valence-corrected chi connectivity index (χ0v) is 11.9. The van der Waals surface area contributed by atoms with Crippen molar-refractivity contribution in [3.8, 4) is 0 Å². The molecular formula is C16H16N2O4. The Morgan fingerprint density at radius 2 is 1.95 bits per heavy atom. The second-order valence-electron chi connectivity index (χ2n) is 5.47. The third-order valence-electron chi connectivity index (χ3n) is 4.05. The lowest BCUT2D eigenvalue weighted by Crippen LogP contribution is -2.27. The lowest BCUT2D eigenvalue weighted by Gasteiger charge is -2.22. The number of hydrogen-bond acceptors (Lipinski definition) is 3. The molecule has 0 saturated carbocycles. The van der Waals surface area contributed by atoms with Crippen LogP contribution in [0.5, 0.6) is 0 Å². The summed E-state index contributed by atoms with van der Waals surface area (Å²) in [5.41, 5.74) is 1.56. The van der Waals surface area contributed by atoms with E-state index >= 15 is 0 Å². The van der Waals surface area contributed by atoms with E-state index in [4.69, 9.17) is 5.11 Å². The lowest BCUT2D eigenvalue weighted by atomic mass is 9.95. The van der Waals surface area contributed by atoms with E-state index in [1.165, 1.54) is 0 Å². The molecule has 2 N–H and O–H groups in total. The molecule has 0 amide bonds. The highest BCUT2D eigenvalue weighted by Gasteiger charge is 2.31. The van der Waals surface area contributed by atoms with Gasteiger partial charge in [0.25, 0.3) is 0 Å². The molecule has 2 aromatic rings. The highest BCUT2D eigenvalue weighted by Crippen LogP contribution is 2.26. The molecule has 0 bridgehead atoms. The van der Waals surface area contributed by atoms with Gasteiger partial charge in [-0.1, -0.05) is 30.3 Å². The average molecular weight is 300 g/mol. The quantitative estimate of drug-likeness (QED) is 0.898. The number of carboxylic acids is 2. The lowest BCUT2D eigenvalue weighted by molar-refractivity contribution is -0.142. The normalized spacial score (nSPS) is 17.0. The second kappa shape index (κ2) is 5.63. The third-order valence-corrected chi connectivity index (χ3v) is 4.05. The Kier molecular flexibility index (Phi) is 3.66. The van der Waals surface area contributed by atoms with E-state index in [1.54, 1.807) is 0 Å². The molecule has 1 aromatic carbocycles. The molecule has 0 radical (unpaired) electrons. The minimum absolute atomic E-state index is 0.0168. The molecular weight excluding hydrogens is 284 g/mol. The van der Waals surface area contributed by atoms with Gasteiger partial charge in [0, 0.05) is 19.4 Å². The first-order valence-corrected chi connectivity index (χ1v) is 7.14. The van der Waals surface area contributed by atoms with Crippen LogP contribution in [0.15, 0.2) is 30.3 Å². The summed E-state index contributed by atoms with van der Waals surface area (Å²) < 4.78 is 1.87. The fraction of sp³-hybridized carbons (Fsp3) is 0.312. The van der Waals surface area contributed by atoms with Crippen molar-refractivity contribution in [3.63, 3.8) is 0 Å². The highest BCUT2D eigenvalue weighted by atomic mass is 16.4. The molecule has 0 saturated heterocycles. The predicted molar refractivity (Wildman–Crippen MR) is 77.9 cm³/mol. The van der Waals surface area contributed by atoms with Gasteiger partial charge in [-0.15, -0.1) is 0 Å². The van der Waals surface area contributed by atoms with Gasteiger partial charge in [0.1, 0.15) is 5.82 Å². The monoisotopic (exact) mass is 300 g/mol. The molecule has 1 aliphatic heterocycles. The molecule has 22 heavy (non-hydrogen) atoms. The van der Waals surface area contributed by atoms with Gasteiger partial charge < -0.3 is 14.8 Å². The summed E-state index contributed by atoms with van der Waals surface area (Å²) in [6.45, 7) is 0.495. The van der Waals surface area contributed by atoms with Crippen LogP contribution >= 0.6 is 0 Å². The molecule has 1 aromatic heterocycles. The Labute approximate surface area is 127 Å². The van der Waals surface area contributed by atoms with Crippen molar-refractivity contribution in [2.45, 2.75) is 25.8 Å². The summed E-state index contributed by atoms with van der Waals surface area (Å²) >= 11 is 0. The van der Waals surface area contributed by atoms with Crippen LogP contribution in [0.4, 0.5) is 0 Å². The number of carbonyl (C=O) groups is 2. The zero-order chi connectivity index (χ0) is 15.7. The summed E-state index contributed by atoms with van der Waals surface area (Å²) in [5, 5.41) is 18.5. The number of aromatic nitrogens is 2. The number of nitrogens with zero attached hydrogens (tertiary/aromatic N) is 2. The van der Waals surface area contributed by atoms with E-state index in [0.717, 1.165) is 5.56 Å². The van der Waals surface area contributed by atoms with E-state index in [9.17, 15) is 14.7 Å². The molecule has 0 fully saturated rings. The number of benzene rings is 1. The molecule has 2 heterocycles. The number of imidazole rings is 1. The minimum atomic E-state index is -1.10. The number of hydrogen-bond donors (Lipinski definition) is 2. The first kappa shape index (κ1) is 14.3. The molecule has 1 aliphatic rings. The van der Waals surface area contributed by atoms with E-state index < -0.39 is 17.9 Å². The van der Waals surface area contributed by atoms with Crippen LogP contribution in [-0.2, 0) is 24.2 Å². The summed E-state index contributed by atoms with van der Waals surface area (Å²) in [5.74, 6) is -1.84. The van der Waals surface area contributed by atoms with Gasteiger partial charge in [0.2, 0.25) is 0 Å². The maximum absolute atomic E-state index is 11.4. The van der Waals surface area contributed by atoms with Gasteiger partial charge >= 0.3 is 11.9 Å². The highest BCUT2D eigenvalue weighted by molar-refractivity contribution is 5.87. The number of aliphatic carboxylic acids is 1. The second-order valence-corrected chi connectivity index (χ2v) is 5.47. The molecule has 0 aliphatic carbocycles. The molecule has 0 spiro atoms. The van der Waals surface area contributed by atoms with Crippen molar-refractivity contribution in [1.29, 1.82) is 0 Å². The SMILES string of the molecule is O=C(O)c1nc(Cc2ccccc2)n2c1CC(C(=O)O)CC2. The first-order chi connectivity index (χ1) is 10.6. The summed E-state index contributed by atoms with van der Waals surface area (Å²) in [7, 11) is 0. The number of fused-ring (bicyclic) bond motifs is 1. The van der Waals surface area contributed by atoms with Gasteiger partial charge in [-0.2, -0.15) is 0 Å². The van der Waals surface area contributed by atoms with E-state index in [1.807, 2.05) is 34.9 Å². The number of rotatable bonds is 4. The smallest absolute Gasteiger partial charge is 0.356 e. The van der Waals surface area contributed by atoms with E-state index in [2.05, 4.69) is 4.98 Å². The Hall–Kier alpha value is -2.63. The Morgan fingerprint density at radius 3 is 2.59 bits per heavy atom. The number of carboxylic acid groups (broad SMARTS) is 2. The standard InChI is InChI=1S/C16H16N2O4/c19-15(20)11-6-7-18-12(9-11)14(16(21)22)17-13(18)8-10-4-2-1-3-5-10/h1-5,11H,6-9H2,(H,19,20)(H,21,22). The van der Waals surface area contributed by atoms with Crippen LogP contribution < -0.4 is 0 Å². The van der Waals surface area contributed by atoms with Crippen LogP contribution in [0, 0.1) is 5.92 Å². The third kappa shape index (κ3) is 2.59. The molecule has 6 nitrogen and oxygen atoms in total. The van der Waals surface area contributed by atoms with Crippen molar-refractivity contribution >= 4 is 11.9 Å². The van der Waals surface area contributed by atoms with Crippen LogP contribution in [0.3, 0.4) is 0 Å². The van der Waals surface area contributed by atoms with Gasteiger partial charge in [0.05, 0.1) is 11.6 Å². The largest absolute Gasteiger partial charge is 0.481 e.